The lowest BCUT2D eigenvalue weighted by molar-refractivity contribution is -0.113. The molecule has 0 aliphatic rings. The van der Waals surface area contributed by atoms with Gasteiger partial charge in [-0.2, -0.15) is 0 Å². The summed E-state index contributed by atoms with van der Waals surface area (Å²) in [5.74, 6) is -1.04. The van der Waals surface area contributed by atoms with E-state index in [9.17, 15) is 9.18 Å². The molecule has 1 aromatic rings. The van der Waals surface area contributed by atoms with Crippen molar-refractivity contribution in [2.75, 3.05) is 0 Å². The number of halogens is 2. The predicted molar refractivity (Wildman–Crippen MR) is 49.6 cm³/mol. The Morgan fingerprint density at radius 3 is 2.77 bits per heavy atom. The Hall–Kier alpha value is -1.35. The van der Waals surface area contributed by atoms with Gasteiger partial charge in [0.05, 0.1) is 5.02 Å². The molecule has 1 aromatic carbocycles. The van der Waals surface area contributed by atoms with Crippen LogP contribution in [0.2, 0.25) is 5.02 Å². The number of benzene rings is 1. The van der Waals surface area contributed by atoms with Crippen LogP contribution in [0.25, 0.3) is 6.08 Å². The maximum absolute atomic E-state index is 12.6. The van der Waals surface area contributed by atoms with E-state index in [1.807, 2.05) is 0 Å². The van der Waals surface area contributed by atoms with Crippen LogP contribution in [-0.4, -0.2) is 5.91 Å². The fourth-order valence-corrected chi connectivity index (χ4v) is 0.983. The van der Waals surface area contributed by atoms with E-state index in [0.717, 1.165) is 0 Å². The fourth-order valence-electron chi connectivity index (χ4n) is 0.794. The molecule has 0 spiro atoms. The van der Waals surface area contributed by atoms with Gasteiger partial charge < -0.3 is 5.73 Å². The van der Waals surface area contributed by atoms with Crippen LogP contribution in [0.3, 0.4) is 0 Å². The van der Waals surface area contributed by atoms with E-state index < -0.39 is 11.7 Å². The zero-order chi connectivity index (χ0) is 9.84. The molecule has 0 atom stereocenters. The van der Waals surface area contributed by atoms with E-state index in [1.165, 1.54) is 30.4 Å². The third-order valence-corrected chi connectivity index (χ3v) is 1.67. The summed E-state index contributed by atoms with van der Waals surface area (Å²) in [6.07, 6.45) is 2.65. The smallest absolute Gasteiger partial charge is 0.241 e. The quantitative estimate of drug-likeness (QED) is 0.728. The molecule has 0 heterocycles. The van der Waals surface area contributed by atoms with Crippen LogP contribution in [0.5, 0.6) is 0 Å². The molecule has 2 nitrogen and oxygen atoms in total. The van der Waals surface area contributed by atoms with Gasteiger partial charge in [0, 0.05) is 6.08 Å². The largest absolute Gasteiger partial charge is 0.366 e. The van der Waals surface area contributed by atoms with Crippen LogP contribution in [-0.2, 0) is 4.79 Å². The first-order chi connectivity index (χ1) is 6.09. The Kier molecular flexibility index (Phi) is 3.03. The summed E-state index contributed by atoms with van der Waals surface area (Å²) >= 11 is 5.50. The Labute approximate surface area is 79.8 Å². The molecule has 0 fully saturated rings. The summed E-state index contributed by atoms with van der Waals surface area (Å²) in [4.78, 5) is 10.4. The van der Waals surface area contributed by atoms with Gasteiger partial charge in [-0.05, 0) is 23.8 Å². The highest BCUT2D eigenvalue weighted by molar-refractivity contribution is 6.30. The second-order valence-electron chi connectivity index (χ2n) is 2.41. The molecule has 1 rings (SSSR count). The minimum Gasteiger partial charge on any atom is -0.366 e. The van der Waals surface area contributed by atoms with Gasteiger partial charge in [-0.25, -0.2) is 4.39 Å². The van der Waals surface area contributed by atoms with Crippen molar-refractivity contribution < 1.29 is 9.18 Å². The molecule has 0 bridgehead atoms. The molecule has 0 aliphatic heterocycles. The second kappa shape index (κ2) is 4.05. The number of hydrogen-bond donors (Lipinski definition) is 1. The number of carbonyl (C=O) groups excluding carboxylic acids is 1. The van der Waals surface area contributed by atoms with Crippen molar-refractivity contribution in [1.82, 2.24) is 0 Å². The predicted octanol–water partition coefficient (Wildman–Crippen LogP) is 1.98. The normalized spacial score (nSPS) is 10.6. The van der Waals surface area contributed by atoms with E-state index in [1.54, 1.807) is 0 Å². The molecular formula is C9H7ClFNO. The van der Waals surface area contributed by atoms with Crippen molar-refractivity contribution in [2.45, 2.75) is 0 Å². The summed E-state index contributed by atoms with van der Waals surface area (Å²) in [6, 6.07) is 4.14. The molecule has 0 aromatic heterocycles. The first-order valence-electron chi connectivity index (χ1n) is 3.52. The zero-order valence-corrected chi connectivity index (χ0v) is 7.38. The number of rotatable bonds is 2. The average molecular weight is 200 g/mol. The minimum absolute atomic E-state index is 0.0200. The van der Waals surface area contributed by atoms with Gasteiger partial charge in [-0.15, -0.1) is 0 Å². The van der Waals surface area contributed by atoms with E-state index in [2.05, 4.69) is 0 Å². The molecule has 2 N–H and O–H groups in total. The van der Waals surface area contributed by atoms with Gasteiger partial charge in [-0.1, -0.05) is 17.7 Å². The van der Waals surface area contributed by atoms with Gasteiger partial charge >= 0.3 is 0 Å². The minimum atomic E-state index is -0.555. The highest BCUT2D eigenvalue weighted by atomic mass is 35.5. The van der Waals surface area contributed by atoms with E-state index >= 15 is 0 Å². The Morgan fingerprint density at radius 2 is 2.23 bits per heavy atom. The Balaban J connectivity index is 2.92. The number of amides is 1. The van der Waals surface area contributed by atoms with Crippen LogP contribution >= 0.6 is 11.6 Å². The number of nitrogens with two attached hydrogens (primary N) is 1. The summed E-state index contributed by atoms with van der Waals surface area (Å²) in [5, 5.41) is 0.0200. The van der Waals surface area contributed by atoms with E-state index in [-0.39, 0.29) is 5.02 Å². The third kappa shape index (κ3) is 2.87. The third-order valence-electron chi connectivity index (χ3n) is 1.38. The molecular weight excluding hydrogens is 193 g/mol. The van der Waals surface area contributed by atoms with E-state index in [0.29, 0.717) is 5.56 Å². The topological polar surface area (TPSA) is 43.1 Å². The van der Waals surface area contributed by atoms with Crippen LogP contribution in [0.4, 0.5) is 4.39 Å². The van der Waals surface area contributed by atoms with Gasteiger partial charge in [-0.3, -0.25) is 4.79 Å². The van der Waals surface area contributed by atoms with Crippen molar-refractivity contribution in [3.8, 4) is 0 Å². The van der Waals surface area contributed by atoms with Crippen molar-refractivity contribution in [2.24, 2.45) is 5.73 Å². The van der Waals surface area contributed by atoms with Crippen molar-refractivity contribution in [3.63, 3.8) is 0 Å². The number of primary amides is 1. The summed E-state index contributed by atoms with van der Waals surface area (Å²) < 4.78 is 12.6. The standard InChI is InChI=1S/C9H7ClFNO/c10-7-5-6(1-3-8(7)11)2-4-9(12)13/h1-5H,(H2,12,13). The maximum atomic E-state index is 12.6. The molecule has 1 amide bonds. The molecule has 0 saturated carbocycles. The first-order valence-corrected chi connectivity index (χ1v) is 3.90. The molecule has 0 radical (unpaired) electrons. The molecule has 4 heteroatoms. The maximum Gasteiger partial charge on any atom is 0.241 e. The van der Waals surface area contributed by atoms with Crippen molar-refractivity contribution in [3.05, 3.63) is 40.7 Å². The van der Waals surface area contributed by atoms with Crippen LogP contribution in [0.1, 0.15) is 5.56 Å². The molecule has 0 saturated heterocycles. The summed E-state index contributed by atoms with van der Waals surface area (Å²) in [6.45, 7) is 0. The first kappa shape index (κ1) is 9.74. The van der Waals surface area contributed by atoms with Gasteiger partial charge in [0.2, 0.25) is 5.91 Å². The number of hydrogen-bond acceptors (Lipinski definition) is 1. The van der Waals surface area contributed by atoms with Gasteiger partial charge in [0.15, 0.2) is 0 Å². The SMILES string of the molecule is NC(=O)C=Cc1ccc(F)c(Cl)c1. The lowest BCUT2D eigenvalue weighted by Crippen LogP contribution is -2.05. The van der Waals surface area contributed by atoms with E-state index in [4.69, 9.17) is 17.3 Å². The zero-order valence-electron chi connectivity index (χ0n) is 6.63. The van der Waals surface area contributed by atoms with Crippen molar-refractivity contribution in [1.29, 1.82) is 0 Å². The Bertz CT molecular complexity index is 363. The van der Waals surface area contributed by atoms with Crippen LogP contribution < -0.4 is 5.73 Å². The lowest BCUT2D eigenvalue weighted by Gasteiger charge is -1.95. The van der Waals surface area contributed by atoms with Crippen LogP contribution in [0.15, 0.2) is 24.3 Å². The van der Waals surface area contributed by atoms with Crippen LogP contribution in [0, 0.1) is 5.82 Å². The summed E-state index contributed by atoms with van der Waals surface area (Å²) in [7, 11) is 0. The monoisotopic (exact) mass is 199 g/mol. The Morgan fingerprint density at radius 1 is 1.54 bits per heavy atom. The summed E-state index contributed by atoms with van der Waals surface area (Å²) in [5.41, 5.74) is 5.51. The lowest BCUT2D eigenvalue weighted by atomic mass is 10.2. The number of carbonyl (C=O) groups is 1. The van der Waals surface area contributed by atoms with Gasteiger partial charge in [0.25, 0.3) is 0 Å². The highest BCUT2D eigenvalue weighted by Crippen LogP contribution is 2.16. The second-order valence-corrected chi connectivity index (χ2v) is 2.82. The molecule has 0 aliphatic carbocycles. The van der Waals surface area contributed by atoms with Crippen molar-refractivity contribution >= 4 is 23.6 Å². The average Bonchev–Trinajstić information content (AvgIpc) is 2.07. The molecule has 68 valence electrons. The van der Waals surface area contributed by atoms with Gasteiger partial charge in [0.1, 0.15) is 5.82 Å². The fraction of sp³-hybridized carbons (Fsp3) is 0. The highest BCUT2D eigenvalue weighted by Gasteiger charge is 1.98. The molecule has 0 unspecified atom stereocenters. The molecule has 13 heavy (non-hydrogen) atoms.